The van der Waals surface area contributed by atoms with Crippen molar-refractivity contribution in [2.75, 3.05) is 0 Å². The molecule has 0 N–H and O–H groups in total. The molecular weight excluding hydrogens is 814 g/mol. The van der Waals surface area contributed by atoms with Crippen LogP contribution in [-0.2, 0) is 17.4 Å². The minimum absolute atomic E-state index is 0.292. The van der Waals surface area contributed by atoms with Crippen LogP contribution in [0.4, 0.5) is 0 Å². The number of carbonyl (C=O) groups is 1. The third-order valence-electron chi connectivity index (χ3n) is 11.2. The molecule has 0 atom stereocenters. The molecule has 0 unspecified atom stereocenters. The van der Waals surface area contributed by atoms with E-state index in [2.05, 4.69) is 54.6 Å². The van der Waals surface area contributed by atoms with Gasteiger partial charge in [-0.2, -0.15) is 0 Å². The lowest BCUT2D eigenvalue weighted by Gasteiger charge is -2.20. The Labute approximate surface area is 357 Å². The van der Waals surface area contributed by atoms with Crippen molar-refractivity contribution < 1.29 is 9.36 Å². The molecule has 4 aromatic rings. The Bertz CT molecular complexity index is 1650. The fraction of sp³-hybridized carbons (Fsp3) is 0.519. The number of hydrogen-bond acceptors (Lipinski definition) is 2. The fourth-order valence-corrected chi connectivity index (χ4v) is 11.5. The minimum Gasteiger partial charge on any atom is -0.305 e. The summed E-state index contributed by atoms with van der Waals surface area (Å²) in [5, 5.41) is 1.15. The summed E-state index contributed by atoms with van der Waals surface area (Å²) >= 11 is 2.57. The van der Waals surface area contributed by atoms with Crippen LogP contribution in [0.2, 0.25) is 0 Å². The van der Waals surface area contributed by atoms with Crippen LogP contribution >= 0.6 is 29.7 Å². The van der Waals surface area contributed by atoms with E-state index in [9.17, 15) is 9.36 Å². The molecule has 2 nitrogen and oxygen atoms in total. The van der Waals surface area contributed by atoms with Crippen LogP contribution in [0.5, 0.6) is 0 Å². The van der Waals surface area contributed by atoms with Crippen molar-refractivity contribution >= 4 is 45.9 Å². The lowest BCUT2D eigenvalue weighted by molar-refractivity contribution is 0.107. The van der Waals surface area contributed by atoms with Gasteiger partial charge in [-0.1, -0.05) is 220 Å². The molecule has 0 aliphatic heterocycles. The summed E-state index contributed by atoms with van der Waals surface area (Å²) < 4.78 is 15.7. The van der Waals surface area contributed by atoms with Crippen molar-refractivity contribution in [2.45, 2.75) is 176 Å². The van der Waals surface area contributed by atoms with E-state index >= 15 is 0 Å². The van der Waals surface area contributed by atoms with Crippen molar-refractivity contribution in [3.8, 4) is 0 Å². The van der Waals surface area contributed by atoms with Crippen molar-refractivity contribution in [3.63, 3.8) is 0 Å². The third kappa shape index (κ3) is 16.4. The lowest BCUT2D eigenvalue weighted by atomic mass is 9.96. The highest BCUT2D eigenvalue weighted by Crippen LogP contribution is 2.48. The normalized spacial score (nSPS) is 11.3. The van der Waals surface area contributed by atoms with Gasteiger partial charge in [0.05, 0.1) is 0 Å². The number of unbranched alkanes of at least 4 members (excludes halogenated alkanes) is 18. The number of carbonyl (C=O) groups excluding carboxylic acids is 1. The zero-order valence-electron chi connectivity index (χ0n) is 35.9. The van der Waals surface area contributed by atoms with E-state index in [-0.39, 0.29) is 5.52 Å². The number of hydrogen-bond donors (Lipinski definition) is 0. The van der Waals surface area contributed by atoms with Gasteiger partial charge in [0.1, 0.15) is 0 Å². The summed E-state index contributed by atoms with van der Waals surface area (Å²) in [6, 6.07) is 29.1. The Kier molecular flexibility index (Phi) is 24.0. The highest BCUT2D eigenvalue weighted by Gasteiger charge is 2.37. The van der Waals surface area contributed by atoms with Gasteiger partial charge in [-0.15, -0.1) is 0 Å². The average molecular weight is 889 g/mol. The first kappa shape index (κ1) is 47.9. The van der Waals surface area contributed by atoms with E-state index in [1.165, 1.54) is 145 Å². The van der Waals surface area contributed by atoms with E-state index in [4.69, 9.17) is 0 Å². The fourth-order valence-electron chi connectivity index (χ4n) is 8.04. The van der Waals surface area contributed by atoms with Gasteiger partial charge in [0.2, 0.25) is 12.7 Å². The minimum atomic E-state index is -3.44. The van der Waals surface area contributed by atoms with Crippen LogP contribution < -0.4 is 10.6 Å². The second-order valence-electron chi connectivity index (χ2n) is 16.1. The van der Waals surface area contributed by atoms with Crippen molar-refractivity contribution in [1.82, 2.24) is 0 Å². The molecule has 0 bridgehead atoms. The lowest BCUT2D eigenvalue weighted by Crippen LogP contribution is -2.23. The summed E-state index contributed by atoms with van der Waals surface area (Å²) in [6.45, 7) is 10.4. The molecule has 0 aliphatic carbocycles. The SMILES string of the molecule is CCCCCCCCCCCCc1cccc(I)c1CCCCCCCCCCCC.Cc1cc(C)c(C(=O)P(=O)(c2ccccc2)c2ccccc2)c(C)c1. The molecular formula is C52H74IO2P. The van der Waals surface area contributed by atoms with Crippen molar-refractivity contribution in [3.05, 3.63) is 128 Å². The van der Waals surface area contributed by atoms with Crippen LogP contribution in [-0.4, -0.2) is 5.52 Å². The van der Waals surface area contributed by atoms with E-state index in [1.54, 1.807) is 35.4 Å². The van der Waals surface area contributed by atoms with Gasteiger partial charge in [0, 0.05) is 19.7 Å². The van der Waals surface area contributed by atoms with Gasteiger partial charge in [0.25, 0.3) is 0 Å². The number of halogens is 1. The number of benzene rings is 4. The van der Waals surface area contributed by atoms with Gasteiger partial charge in [-0.05, 0) is 97.4 Å². The highest BCUT2D eigenvalue weighted by atomic mass is 127. The van der Waals surface area contributed by atoms with Crippen molar-refractivity contribution in [2.24, 2.45) is 0 Å². The smallest absolute Gasteiger partial charge is 0.230 e. The van der Waals surface area contributed by atoms with Gasteiger partial charge >= 0.3 is 0 Å². The largest absolute Gasteiger partial charge is 0.305 e. The maximum Gasteiger partial charge on any atom is 0.230 e. The van der Waals surface area contributed by atoms with E-state index in [1.807, 2.05) is 69.3 Å². The molecule has 0 aliphatic rings. The summed E-state index contributed by atoms with van der Waals surface area (Å²) in [7, 11) is -3.44. The van der Waals surface area contributed by atoms with Crippen LogP contribution in [0, 0.1) is 24.3 Å². The zero-order valence-corrected chi connectivity index (χ0v) is 38.9. The Balaban J connectivity index is 0.000000306. The molecule has 4 heteroatoms. The number of aryl methyl sites for hydroxylation is 4. The Morgan fingerprint density at radius 1 is 0.500 bits per heavy atom. The maximum atomic E-state index is 14.2. The monoisotopic (exact) mass is 888 g/mol. The molecule has 0 heterocycles. The molecule has 0 saturated carbocycles. The standard InChI is InChI=1S/C30H53I.C22H21O2P/c1-3-5-7-9-11-13-15-17-19-21-24-28-25-23-27-30(31)29(28)26-22-20-18-16-14-12-10-8-6-4-2;1-16-14-17(2)21(18(3)15-16)22(23)25(24,19-10-6-4-7-11-19)20-12-8-5-9-13-20/h23,25,27H,3-22,24,26H2,1-2H3;4-15H,1-3H3. The quantitative estimate of drug-likeness (QED) is 0.0358. The molecule has 306 valence electrons. The predicted octanol–water partition coefficient (Wildman–Crippen LogP) is 16.0. The summed E-state index contributed by atoms with van der Waals surface area (Å²) in [5.41, 5.74) is 6.42. The Morgan fingerprint density at radius 2 is 0.893 bits per heavy atom. The first-order valence-corrected chi connectivity index (χ1v) is 25.1. The van der Waals surface area contributed by atoms with Gasteiger partial charge in [0.15, 0.2) is 0 Å². The first-order chi connectivity index (χ1) is 27.2. The van der Waals surface area contributed by atoms with Crippen molar-refractivity contribution in [1.29, 1.82) is 0 Å². The molecule has 0 fully saturated rings. The average Bonchev–Trinajstić information content (AvgIpc) is 3.20. The van der Waals surface area contributed by atoms with E-state index in [0.717, 1.165) is 16.7 Å². The molecule has 0 aromatic heterocycles. The molecule has 0 amide bonds. The summed E-state index contributed by atoms with van der Waals surface area (Å²) in [4.78, 5) is 13.6. The van der Waals surface area contributed by atoms with Crippen LogP contribution in [0.3, 0.4) is 0 Å². The topological polar surface area (TPSA) is 34.1 Å². The molecule has 4 rings (SSSR count). The second-order valence-corrected chi connectivity index (χ2v) is 19.9. The number of rotatable bonds is 26. The van der Waals surface area contributed by atoms with E-state index < -0.39 is 7.14 Å². The molecule has 0 spiro atoms. The van der Waals surface area contributed by atoms with Gasteiger partial charge in [-0.3, -0.25) is 4.79 Å². The summed E-state index contributed by atoms with van der Waals surface area (Å²) in [6.07, 6.45) is 31.2. The van der Waals surface area contributed by atoms with E-state index in [0.29, 0.717) is 16.2 Å². The predicted molar refractivity (Wildman–Crippen MR) is 255 cm³/mol. The maximum absolute atomic E-state index is 14.2. The first-order valence-electron chi connectivity index (χ1n) is 22.3. The molecule has 56 heavy (non-hydrogen) atoms. The second kappa shape index (κ2) is 28.0. The molecule has 4 aromatic carbocycles. The van der Waals surface area contributed by atoms with Gasteiger partial charge < -0.3 is 4.57 Å². The van der Waals surface area contributed by atoms with Crippen LogP contribution in [0.25, 0.3) is 0 Å². The third-order valence-corrected chi connectivity index (χ3v) is 15.1. The molecule has 0 saturated heterocycles. The van der Waals surface area contributed by atoms with Crippen LogP contribution in [0.1, 0.15) is 180 Å². The van der Waals surface area contributed by atoms with Gasteiger partial charge in [-0.25, -0.2) is 0 Å². The highest BCUT2D eigenvalue weighted by molar-refractivity contribution is 14.1. The van der Waals surface area contributed by atoms with Crippen LogP contribution in [0.15, 0.2) is 91.0 Å². The zero-order chi connectivity index (χ0) is 40.4. The summed E-state index contributed by atoms with van der Waals surface area (Å²) in [5.74, 6) is 0. The Hall–Kier alpha value is -2.49. The molecule has 0 radical (unpaired) electrons. The Morgan fingerprint density at radius 3 is 1.32 bits per heavy atom.